The normalized spacial score (nSPS) is 11.6. The number of halogens is 1. The fourth-order valence-corrected chi connectivity index (χ4v) is 3.61. The van der Waals surface area contributed by atoms with E-state index in [-0.39, 0.29) is 12.4 Å². The van der Waals surface area contributed by atoms with E-state index in [0.29, 0.717) is 42.9 Å². The number of benzene rings is 1. The second kappa shape index (κ2) is 8.81. The number of ether oxygens (including phenoxy) is 1. The molecule has 0 amide bonds. The van der Waals surface area contributed by atoms with Gasteiger partial charge in [-0.2, -0.15) is 10.2 Å². The van der Waals surface area contributed by atoms with Crippen LogP contribution in [0.5, 0.6) is 0 Å². The zero-order chi connectivity index (χ0) is 21.9. The van der Waals surface area contributed by atoms with Gasteiger partial charge in [0.05, 0.1) is 55.7 Å². The van der Waals surface area contributed by atoms with E-state index in [9.17, 15) is 4.39 Å². The predicted octanol–water partition coefficient (Wildman–Crippen LogP) is 2.88. The first-order valence-corrected chi connectivity index (χ1v) is 10.3. The molecule has 0 atom stereocenters. The van der Waals surface area contributed by atoms with Gasteiger partial charge in [0.15, 0.2) is 5.65 Å². The number of hydrogen-bond donors (Lipinski definition) is 1. The van der Waals surface area contributed by atoms with E-state index in [1.54, 1.807) is 27.8 Å². The predicted molar refractivity (Wildman–Crippen MR) is 117 cm³/mol. The van der Waals surface area contributed by atoms with Crippen molar-refractivity contribution in [3.8, 4) is 11.3 Å². The Kier molecular flexibility index (Phi) is 5.57. The number of aromatic nitrogens is 6. The van der Waals surface area contributed by atoms with Gasteiger partial charge in [0.1, 0.15) is 5.82 Å². The minimum atomic E-state index is -0.299. The molecule has 0 saturated heterocycles. The van der Waals surface area contributed by atoms with Crippen molar-refractivity contribution in [1.82, 2.24) is 29.4 Å². The van der Waals surface area contributed by atoms with Crippen LogP contribution < -0.4 is 0 Å². The Bertz CT molecular complexity index is 1380. The molecule has 1 aromatic carbocycles. The Balaban J connectivity index is 1.41. The van der Waals surface area contributed by atoms with Crippen LogP contribution in [0, 0.1) is 5.82 Å². The summed E-state index contributed by atoms with van der Waals surface area (Å²) in [5, 5.41) is 18.7. The van der Waals surface area contributed by atoms with Gasteiger partial charge >= 0.3 is 0 Å². The first-order valence-electron chi connectivity index (χ1n) is 10.3. The van der Waals surface area contributed by atoms with Gasteiger partial charge in [-0.1, -0.05) is 6.07 Å². The van der Waals surface area contributed by atoms with Gasteiger partial charge < -0.3 is 9.84 Å². The lowest BCUT2D eigenvalue weighted by Gasteiger charge is -2.06. The maximum Gasteiger partial charge on any atom is 0.153 e. The number of nitrogens with zero attached hydrogens (tertiary/aromatic N) is 6. The molecule has 5 aromatic rings. The summed E-state index contributed by atoms with van der Waals surface area (Å²) in [7, 11) is 0. The number of fused-ring (bicyclic) bond motifs is 2. The quantitative estimate of drug-likeness (QED) is 0.379. The first-order chi connectivity index (χ1) is 15.7. The molecule has 0 aliphatic heterocycles. The first kappa shape index (κ1) is 20.2. The molecule has 1 N–H and O–H groups in total. The summed E-state index contributed by atoms with van der Waals surface area (Å²) in [4.78, 5) is 8.62. The van der Waals surface area contributed by atoms with Crippen molar-refractivity contribution in [2.75, 3.05) is 19.8 Å². The van der Waals surface area contributed by atoms with E-state index in [2.05, 4.69) is 15.1 Å². The largest absolute Gasteiger partial charge is 0.394 e. The second-order valence-corrected chi connectivity index (χ2v) is 7.38. The summed E-state index contributed by atoms with van der Waals surface area (Å²) in [6.07, 6.45) is 7.37. The van der Waals surface area contributed by atoms with Crippen molar-refractivity contribution in [2.45, 2.75) is 13.0 Å². The van der Waals surface area contributed by atoms with E-state index in [4.69, 9.17) is 14.9 Å². The minimum absolute atomic E-state index is 0.00151. The molecular formula is C23H21FN6O2. The Morgan fingerprint density at radius 2 is 2.00 bits per heavy atom. The second-order valence-electron chi connectivity index (χ2n) is 7.38. The van der Waals surface area contributed by atoms with Crippen molar-refractivity contribution in [3.63, 3.8) is 0 Å². The van der Waals surface area contributed by atoms with Crippen LogP contribution in [0.15, 0.2) is 61.2 Å². The Morgan fingerprint density at radius 3 is 2.91 bits per heavy atom. The fourth-order valence-electron chi connectivity index (χ4n) is 3.61. The molecular weight excluding hydrogens is 411 g/mol. The van der Waals surface area contributed by atoms with Crippen molar-refractivity contribution in [2.24, 2.45) is 0 Å². The van der Waals surface area contributed by atoms with Crippen molar-refractivity contribution >= 4 is 16.6 Å². The van der Waals surface area contributed by atoms with Crippen LogP contribution in [0.1, 0.15) is 11.3 Å². The minimum Gasteiger partial charge on any atom is -0.394 e. The lowest BCUT2D eigenvalue weighted by molar-refractivity contribution is 0.0854. The summed E-state index contributed by atoms with van der Waals surface area (Å²) in [6, 6.07) is 10.8. The topological polar surface area (TPSA) is 90.4 Å². The number of rotatable bonds is 8. The standard InChI is InChI=1S/C23H21FN6O2/c24-20-12-22-16(2-1-5-25-22)10-17(20)11-19-14-26-23-4-3-21(28-30(19)23)18-13-27-29(15-18)6-8-32-9-7-31/h1-5,10,12-15,31H,6-9,11H2. The number of aliphatic hydroxyl groups is 1. The van der Waals surface area contributed by atoms with Crippen molar-refractivity contribution in [1.29, 1.82) is 0 Å². The van der Waals surface area contributed by atoms with E-state index < -0.39 is 0 Å². The zero-order valence-electron chi connectivity index (χ0n) is 17.2. The van der Waals surface area contributed by atoms with Gasteiger partial charge in [0, 0.05) is 35.8 Å². The van der Waals surface area contributed by atoms with Crippen LogP contribution in [0.25, 0.3) is 27.8 Å². The van der Waals surface area contributed by atoms with Crippen LogP contribution >= 0.6 is 0 Å². The van der Waals surface area contributed by atoms with Crippen molar-refractivity contribution in [3.05, 3.63) is 78.3 Å². The van der Waals surface area contributed by atoms with Gasteiger partial charge in [-0.15, -0.1) is 0 Å². The number of aliphatic hydroxyl groups excluding tert-OH is 1. The molecule has 0 spiro atoms. The highest BCUT2D eigenvalue weighted by atomic mass is 19.1. The summed E-state index contributed by atoms with van der Waals surface area (Å²) >= 11 is 0. The number of imidazole rings is 1. The molecule has 9 heteroatoms. The summed E-state index contributed by atoms with van der Waals surface area (Å²) in [6.45, 7) is 1.35. The molecule has 0 fully saturated rings. The number of pyridine rings is 1. The molecule has 0 unspecified atom stereocenters. The molecule has 162 valence electrons. The lowest BCUT2D eigenvalue weighted by atomic mass is 10.1. The van der Waals surface area contributed by atoms with Gasteiger partial charge in [-0.05, 0) is 29.8 Å². The highest BCUT2D eigenvalue weighted by Gasteiger charge is 2.12. The van der Waals surface area contributed by atoms with Crippen LogP contribution in [-0.4, -0.2) is 54.3 Å². The molecule has 0 bridgehead atoms. The van der Waals surface area contributed by atoms with Gasteiger partial charge in [0.25, 0.3) is 0 Å². The van der Waals surface area contributed by atoms with E-state index in [1.165, 1.54) is 6.07 Å². The molecule has 0 aliphatic rings. The maximum absolute atomic E-state index is 14.7. The lowest BCUT2D eigenvalue weighted by Crippen LogP contribution is -2.08. The molecule has 4 heterocycles. The van der Waals surface area contributed by atoms with Crippen LogP contribution in [-0.2, 0) is 17.7 Å². The summed E-state index contributed by atoms with van der Waals surface area (Å²) in [5.74, 6) is -0.299. The van der Waals surface area contributed by atoms with Gasteiger partial charge in [-0.25, -0.2) is 13.9 Å². The molecule has 5 rings (SSSR count). The number of hydrogen-bond acceptors (Lipinski definition) is 6. The molecule has 32 heavy (non-hydrogen) atoms. The van der Waals surface area contributed by atoms with Crippen LogP contribution in [0.4, 0.5) is 4.39 Å². The highest BCUT2D eigenvalue weighted by molar-refractivity contribution is 5.79. The van der Waals surface area contributed by atoms with Crippen molar-refractivity contribution < 1.29 is 14.2 Å². The third kappa shape index (κ3) is 4.08. The third-order valence-electron chi connectivity index (χ3n) is 5.21. The zero-order valence-corrected chi connectivity index (χ0v) is 17.2. The van der Waals surface area contributed by atoms with E-state index in [0.717, 1.165) is 22.3 Å². The highest BCUT2D eigenvalue weighted by Crippen LogP contribution is 2.22. The molecule has 8 nitrogen and oxygen atoms in total. The monoisotopic (exact) mass is 432 g/mol. The SMILES string of the molecule is OCCOCCn1cc(-c2ccc3ncc(Cc4cc5cccnc5cc4F)n3n2)cn1. The Morgan fingerprint density at radius 1 is 1.06 bits per heavy atom. The summed E-state index contributed by atoms with van der Waals surface area (Å²) in [5.41, 5.74) is 4.27. The molecule has 0 radical (unpaired) electrons. The third-order valence-corrected chi connectivity index (χ3v) is 5.21. The van der Waals surface area contributed by atoms with E-state index >= 15 is 0 Å². The summed E-state index contributed by atoms with van der Waals surface area (Å²) < 4.78 is 23.5. The molecule has 0 saturated carbocycles. The maximum atomic E-state index is 14.7. The van der Waals surface area contributed by atoms with Gasteiger partial charge in [0.2, 0.25) is 0 Å². The fraction of sp³-hybridized carbons (Fsp3) is 0.217. The van der Waals surface area contributed by atoms with Crippen LogP contribution in [0.2, 0.25) is 0 Å². The average Bonchev–Trinajstić information content (AvgIpc) is 3.44. The Hall–Kier alpha value is -3.69. The Labute approximate surface area is 182 Å². The molecule has 4 aromatic heterocycles. The smallest absolute Gasteiger partial charge is 0.153 e. The van der Waals surface area contributed by atoms with E-state index in [1.807, 2.05) is 36.5 Å². The van der Waals surface area contributed by atoms with Gasteiger partial charge in [-0.3, -0.25) is 9.67 Å². The average molecular weight is 432 g/mol. The van der Waals surface area contributed by atoms with Crippen LogP contribution in [0.3, 0.4) is 0 Å². The molecule has 0 aliphatic carbocycles.